The number of nitrogens with zero attached hydrogens (tertiary/aromatic N) is 2. The lowest BCUT2D eigenvalue weighted by molar-refractivity contribution is 0.102. The van der Waals surface area contributed by atoms with Gasteiger partial charge in [0, 0.05) is 23.2 Å². The Hall–Kier alpha value is -2.89. The highest BCUT2D eigenvalue weighted by molar-refractivity contribution is 6.06. The van der Waals surface area contributed by atoms with Gasteiger partial charge in [0.2, 0.25) is 0 Å². The average Bonchev–Trinajstić information content (AvgIpc) is 3.10. The monoisotopic (exact) mass is 381 g/mol. The summed E-state index contributed by atoms with van der Waals surface area (Å²) in [6, 6.07) is 9.72. The molecule has 5 nitrogen and oxygen atoms in total. The fourth-order valence-corrected chi connectivity index (χ4v) is 3.86. The van der Waals surface area contributed by atoms with Crippen LogP contribution in [0.5, 0.6) is 5.75 Å². The SMILES string of the molecule is COc1cc2nn(C3CCC(C)CC3)cc2cc1NC(=O)c1cccc(F)c1. The number of halogens is 1. The van der Waals surface area contributed by atoms with Crippen LogP contribution in [0.2, 0.25) is 0 Å². The molecule has 1 heterocycles. The number of hydrogen-bond acceptors (Lipinski definition) is 3. The van der Waals surface area contributed by atoms with Crippen molar-refractivity contribution in [3.05, 3.63) is 54.0 Å². The molecule has 1 saturated carbocycles. The molecule has 2 aromatic carbocycles. The first-order chi connectivity index (χ1) is 13.5. The van der Waals surface area contributed by atoms with E-state index >= 15 is 0 Å². The van der Waals surface area contributed by atoms with Crippen molar-refractivity contribution >= 4 is 22.5 Å². The topological polar surface area (TPSA) is 56.1 Å². The summed E-state index contributed by atoms with van der Waals surface area (Å²) in [7, 11) is 1.55. The van der Waals surface area contributed by atoms with Crippen molar-refractivity contribution in [1.29, 1.82) is 0 Å². The van der Waals surface area contributed by atoms with Crippen LogP contribution in [0.25, 0.3) is 10.9 Å². The molecule has 0 radical (unpaired) electrons. The van der Waals surface area contributed by atoms with Crippen LogP contribution in [0, 0.1) is 11.7 Å². The second kappa shape index (κ2) is 7.62. The Bertz CT molecular complexity index is 1010. The highest BCUT2D eigenvalue weighted by Gasteiger charge is 2.21. The molecule has 1 aliphatic carbocycles. The number of nitrogens with one attached hydrogen (secondary N) is 1. The van der Waals surface area contributed by atoms with E-state index < -0.39 is 5.82 Å². The van der Waals surface area contributed by atoms with E-state index in [0.717, 1.165) is 29.7 Å². The average molecular weight is 381 g/mol. The third-order valence-electron chi connectivity index (χ3n) is 5.54. The maximum Gasteiger partial charge on any atom is 0.255 e. The zero-order chi connectivity index (χ0) is 19.7. The van der Waals surface area contributed by atoms with E-state index in [0.29, 0.717) is 17.5 Å². The molecule has 0 spiro atoms. The van der Waals surface area contributed by atoms with Crippen molar-refractivity contribution in [3.8, 4) is 5.75 Å². The van der Waals surface area contributed by atoms with E-state index in [1.54, 1.807) is 13.2 Å². The van der Waals surface area contributed by atoms with Crippen LogP contribution < -0.4 is 10.1 Å². The van der Waals surface area contributed by atoms with Gasteiger partial charge >= 0.3 is 0 Å². The smallest absolute Gasteiger partial charge is 0.255 e. The molecule has 1 aromatic heterocycles. The number of carbonyl (C=O) groups is 1. The van der Waals surface area contributed by atoms with Gasteiger partial charge in [0.15, 0.2) is 0 Å². The summed E-state index contributed by atoms with van der Waals surface area (Å²) < 4.78 is 20.9. The molecule has 4 rings (SSSR count). The summed E-state index contributed by atoms with van der Waals surface area (Å²) in [5, 5.41) is 8.50. The van der Waals surface area contributed by atoms with Crippen LogP contribution in [0.4, 0.5) is 10.1 Å². The second-order valence-electron chi connectivity index (χ2n) is 7.60. The van der Waals surface area contributed by atoms with Crippen molar-refractivity contribution in [1.82, 2.24) is 9.78 Å². The van der Waals surface area contributed by atoms with Crippen LogP contribution >= 0.6 is 0 Å². The minimum absolute atomic E-state index is 0.258. The molecule has 0 saturated heterocycles. The zero-order valence-electron chi connectivity index (χ0n) is 16.1. The first-order valence-electron chi connectivity index (χ1n) is 9.67. The summed E-state index contributed by atoms with van der Waals surface area (Å²) in [6.07, 6.45) is 6.75. The first kappa shape index (κ1) is 18.5. The Morgan fingerprint density at radius 3 is 2.71 bits per heavy atom. The van der Waals surface area contributed by atoms with Crippen LogP contribution in [-0.4, -0.2) is 22.8 Å². The molecule has 1 N–H and O–H groups in total. The summed E-state index contributed by atoms with van der Waals surface area (Å²) >= 11 is 0. The van der Waals surface area contributed by atoms with Gasteiger partial charge in [-0.05, 0) is 55.9 Å². The molecular formula is C22H24FN3O2. The Morgan fingerprint density at radius 2 is 2.00 bits per heavy atom. The van der Waals surface area contributed by atoms with Crippen LogP contribution in [0.3, 0.4) is 0 Å². The Morgan fingerprint density at radius 1 is 1.21 bits per heavy atom. The minimum atomic E-state index is -0.446. The van der Waals surface area contributed by atoms with E-state index in [4.69, 9.17) is 9.84 Å². The Kier molecular flexibility index (Phi) is 5.03. The molecular weight excluding hydrogens is 357 g/mol. The second-order valence-corrected chi connectivity index (χ2v) is 7.60. The van der Waals surface area contributed by atoms with E-state index in [1.807, 2.05) is 23.0 Å². The third-order valence-corrected chi connectivity index (χ3v) is 5.54. The van der Waals surface area contributed by atoms with Crippen molar-refractivity contribution in [2.75, 3.05) is 12.4 Å². The quantitative estimate of drug-likeness (QED) is 0.677. The molecule has 6 heteroatoms. The highest BCUT2D eigenvalue weighted by Crippen LogP contribution is 2.34. The highest BCUT2D eigenvalue weighted by atomic mass is 19.1. The number of hydrogen-bond donors (Lipinski definition) is 1. The number of ether oxygens (including phenoxy) is 1. The van der Waals surface area contributed by atoms with Gasteiger partial charge in [-0.2, -0.15) is 5.10 Å². The molecule has 3 aromatic rings. The lowest BCUT2D eigenvalue weighted by Gasteiger charge is -2.26. The fourth-order valence-electron chi connectivity index (χ4n) is 3.86. The minimum Gasteiger partial charge on any atom is -0.494 e. The number of benzene rings is 2. The number of anilines is 1. The van der Waals surface area contributed by atoms with Gasteiger partial charge in [-0.25, -0.2) is 4.39 Å². The summed E-state index contributed by atoms with van der Waals surface area (Å²) in [5.74, 6) is 0.481. The van der Waals surface area contributed by atoms with Crippen LogP contribution in [0.15, 0.2) is 42.6 Å². The van der Waals surface area contributed by atoms with Gasteiger partial charge in [-0.1, -0.05) is 13.0 Å². The summed E-state index contributed by atoms with van der Waals surface area (Å²) in [5.41, 5.74) is 1.63. The molecule has 0 unspecified atom stereocenters. The predicted molar refractivity (Wildman–Crippen MR) is 107 cm³/mol. The van der Waals surface area contributed by atoms with Gasteiger partial charge in [0.25, 0.3) is 5.91 Å². The van der Waals surface area contributed by atoms with Crippen molar-refractivity contribution < 1.29 is 13.9 Å². The lowest BCUT2D eigenvalue weighted by Crippen LogP contribution is -2.16. The van der Waals surface area contributed by atoms with Gasteiger partial charge in [0.05, 0.1) is 24.4 Å². The first-order valence-corrected chi connectivity index (χ1v) is 9.67. The molecule has 146 valence electrons. The van der Waals surface area contributed by atoms with E-state index in [9.17, 15) is 9.18 Å². The number of carbonyl (C=O) groups excluding carboxylic acids is 1. The fraction of sp³-hybridized carbons (Fsp3) is 0.364. The van der Waals surface area contributed by atoms with Crippen LogP contribution in [-0.2, 0) is 0 Å². The summed E-state index contributed by atoms with van der Waals surface area (Å²) in [6.45, 7) is 2.30. The molecule has 0 atom stereocenters. The number of fused-ring (bicyclic) bond motifs is 1. The molecule has 0 bridgehead atoms. The number of aromatic nitrogens is 2. The Labute approximate surface area is 163 Å². The van der Waals surface area contributed by atoms with Crippen LogP contribution in [0.1, 0.15) is 49.0 Å². The summed E-state index contributed by atoms with van der Waals surface area (Å²) in [4.78, 5) is 12.5. The molecule has 0 aliphatic heterocycles. The predicted octanol–water partition coefficient (Wildman–Crippen LogP) is 5.19. The van der Waals surface area contributed by atoms with E-state index in [1.165, 1.54) is 31.0 Å². The standard InChI is InChI=1S/C22H24FN3O2/c1-14-6-8-18(9-7-14)26-13-16-11-20(21(28-2)12-19(16)25-26)24-22(27)15-4-3-5-17(23)10-15/h3-5,10-14,18H,6-9H2,1-2H3,(H,24,27). The van der Waals surface area contributed by atoms with Gasteiger partial charge in [0.1, 0.15) is 11.6 Å². The largest absolute Gasteiger partial charge is 0.494 e. The number of rotatable bonds is 4. The maximum absolute atomic E-state index is 13.4. The van der Waals surface area contributed by atoms with E-state index in [-0.39, 0.29) is 11.5 Å². The normalized spacial score (nSPS) is 19.5. The maximum atomic E-state index is 13.4. The van der Waals surface area contributed by atoms with Gasteiger partial charge < -0.3 is 10.1 Å². The number of amides is 1. The third kappa shape index (κ3) is 3.72. The van der Waals surface area contributed by atoms with Gasteiger partial charge in [-0.3, -0.25) is 9.48 Å². The Balaban J connectivity index is 1.62. The lowest BCUT2D eigenvalue weighted by atomic mass is 9.87. The zero-order valence-corrected chi connectivity index (χ0v) is 16.1. The number of methoxy groups -OCH3 is 1. The molecule has 1 fully saturated rings. The van der Waals surface area contributed by atoms with Crippen molar-refractivity contribution in [3.63, 3.8) is 0 Å². The molecule has 1 aliphatic rings. The molecule has 1 amide bonds. The van der Waals surface area contributed by atoms with E-state index in [2.05, 4.69) is 12.2 Å². The van der Waals surface area contributed by atoms with Crippen molar-refractivity contribution in [2.45, 2.75) is 38.6 Å². The molecule has 28 heavy (non-hydrogen) atoms. The van der Waals surface area contributed by atoms with Gasteiger partial charge in [-0.15, -0.1) is 0 Å². The van der Waals surface area contributed by atoms with Crippen molar-refractivity contribution in [2.24, 2.45) is 5.92 Å².